The lowest BCUT2D eigenvalue weighted by molar-refractivity contribution is -0.120. The number of anilines is 1. The predicted octanol–water partition coefficient (Wildman–Crippen LogP) is 5.29. The summed E-state index contributed by atoms with van der Waals surface area (Å²) in [6, 6.07) is 36.1. The van der Waals surface area contributed by atoms with Crippen LogP contribution in [0.4, 0.5) is 5.69 Å². The molecule has 4 aromatic carbocycles. The van der Waals surface area contributed by atoms with Gasteiger partial charge in [-0.15, -0.1) is 0 Å². The van der Waals surface area contributed by atoms with Crippen molar-refractivity contribution >= 4 is 34.8 Å². The van der Waals surface area contributed by atoms with Gasteiger partial charge in [-0.1, -0.05) is 103 Å². The molecular weight excluding hydrogens is 466 g/mol. The van der Waals surface area contributed by atoms with Crippen LogP contribution in [-0.4, -0.2) is 24.0 Å². The van der Waals surface area contributed by atoms with Crippen molar-refractivity contribution in [3.8, 4) is 0 Å². The third kappa shape index (κ3) is 6.03. The fraction of sp³-hybridized carbons (Fsp3) is 0.100. The van der Waals surface area contributed by atoms with Gasteiger partial charge in [-0.05, 0) is 41.0 Å². The van der Waals surface area contributed by atoms with Gasteiger partial charge in [0.2, 0.25) is 5.91 Å². The molecule has 4 aromatic rings. The molecule has 0 unspecified atom stereocenters. The fourth-order valence-corrected chi connectivity index (χ4v) is 4.19. The van der Waals surface area contributed by atoms with Crippen LogP contribution in [0.2, 0.25) is 0 Å². The van der Waals surface area contributed by atoms with Crippen molar-refractivity contribution < 1.29 is 9.59 Å². The number of nitrogens with zero attached hydrogens (tertiary/aromatic N) is 1. The molecule has 6 heteroatoms. The summed E-state index contributed by atoms with van der Waals surface area (Å²) in [6.45, 7) is 0.411. The Kier molecular flexibility index (Phi) is 8.21. The van der Waals surface area contributed by atoms with Crippen molar-refractivity contribution in [2.45, 2.75) is 12.5 Å². The van der Waals surface area contributed by atoms with Gasteiger partial charge in [-0.25, -0.2) is 0 Å². The second-order valence-corrected chi connectivity index (χ2v) is 8.68. The maximum absolute atomic E-state index is 13.5. The van der Waals surface area contributed by atoms with Crippen molar-refractivity contribution in [3.05, 3.63) is 138 Å². The van der Waals surface area contributed by atoms with Gasteiger partial charge in [-0.2, -0.15) is 0 Å². The Balaban J connectivity index is 1.51. The molecule has 4 rings (SSSR count). The molecule has 0 saturated carbocycles. The smallest absolute Gasteiger partial charge is 0.253 e. The number of amides is 2. The van der Waals surface area contributed by atoms with Crippen LogP contribution in [-0.2, 0) is 11.3 Å². The summed E-state index contributed by atoms with van der Waals surface area (Å²) in [6.07, 6.45) is 0. The zero-order valence-electron chi connectivity index (χ0n) is 19.9. The molecule has 0 bridgehead atoms. The van der Waals surface area contributed by atoms with E-state index in [1.54, 1.807) is 24.1 Å². The molecule has 5 nitrogen and oxygen atoms in total. The normalized spacial score (nSPS) is 10.5. The summed E-state index contributed by atoms with van der Waals surface area (Å²) in [5.74, 6) is -0.986. The van der Waals surface area contributed by atoms with Crippen LogP contribution in [0.15, 0.2) is 115 Å². The largest absolute Gasteiger partial charge is 0.348 e. The van der Waals surface area contributed by atoms with Crippen LogP contribution < -0.4 is 15.5 Å². The maximum atomic E-state index is 13.5. The highest BCUT2D eigenvalue weighted by Gasteiger charge is 2.25. The van der Waals surface area contributed by atoms with Crippen molar-refractivity contribution in [2.75, 3.05) is 11.9 Å². The van der Waals surface area contributed by atoms with Gasteiger partial charge in [0.05, 0.1) is 17.2 Å². The minimum Gasteiger partial charge on any atom is -0.348 e. The number of rotatable bonds is 7. The molecule has 0 fully saturated rings. The molecule has 0 aliphatic rings. The van der Waals surface area contributed by atoms with E-state index in [0.717, 1.165) is 16.7 Å². The lowest BCUT2D eigenvalue weighted by Crippen LogP contribution is -2.43. The van der Waals surface area contributed by atoms with Gasteiger partial charge in [0, 0.05) is 13.6 Å². The Morgan fingerprint density at radius 3 is 1.83 bits per heavy atom. The Hall–Kier alpha value is -4.29. The van der Waals surface area contributed by atoms with E-state index in [1.165, 1.54) is 0 Å². The van der Waals surface area contributed by atoms with Gasteiger partial charge < -0.3 is 15.5 Å². The molecule has 0 radical (unpaired) electrons. The van der Waals surface area contributed by atoms with Gasteiger partial charge in [0.1, 0.15) is 0 Å². The Morgan fingerprint density at radius 2 is 1.25 bits per heavy atom. The first-order valence-electron chi connectivity index (χ1n) is 11.6. The van der Waals surface area contributed by atoms with E-state index in [1.807, 2.05) is 103 Å². The molecular formula is C30H27N3O2S. The Labute approximate surface area is 216 Å². The number of hydrogen-bond donors (Lipinski definition) is 2. The standard InChI is InChI=1S/C30H27N3O2S/c1-33(26-20-12-11-19-25(26)28(34)31-21-22-13-5-2-6-14-22)30(36)32-29(35)27(23-15-7-3-8-16-23)24-17-9-4-10-18-24/h2-20,27H,21H2,1H3,(H,31,34)(H,32,35,36). The molecule has 36 heavy (non-hydrogen) atoms. The minimum atomic E-state index is -0.525. The average Bonchev–Trinajstić information content (AvgIpc) is 2.93. The molecule has 2 N–H and O–H groups in total. The topological polar surface area (TPSA) is 61.4 Å². The monoisotopic (exact) mass is 493 g/mol. The quantitative estimate of drug-likeness (QED) is 0.344. The summed E-state index contributed by atoms with van der Waals surface area (Å²) in [4.78, 5) is 28.1. The maximum Gasteiger partial charge on any atom is 0.253 e. The van der Waals surface area contributed by atoms with Crippen molar-refractivity contribution in [3.63, 3.8) is 0 Å². The minimum absolute atomic E-state index is 0.208. The highest BCUT2D eigenvalue weighted by Crippen LogP contribution is 2.25. The van der Waals surface area contributed by atoms with Gasteiger partial charge >= 0.3 is 0 Å². The predicted molar refractivity (Wildman–Crippen MR) is 148 cm³/mol. The van der Waals surface area contributed by atoms with Crippen LogP contribution in [0.1, 0.15) is 33.0 Å². The van der Waals surface area contributed by atoms with E-state index in [9.17, 15) is 9.59 Å². The lowest BCUT2D eigenvalue weighted by Gasteiger charge is -2.25. The highest BCUT2D eigenvalue weighted by atomic mass is 32.1. The number of carbonyl (C=O) groups is 2. The molecule has 2 amide bonds. The second kappa shape index (κ2) is 11.9. The summed E-state index contributed by atoms with van der Waals surface area (Å²) in [7, 11) is 1.74. The molecule has 0 spiro atoms. The SMILES string of the molecule is CN(C(=S)NC(=O)C(c1ccccc1)c1ccccc1)c1ccccc1C(=O)NCc1ccccc1. The van der Waals surface area contributed by atoms with E-state index >= 15 is 0 Å². The lowest BCUT2D eigenvalue weighted by atomic mass is 9.90. The van der Waals surface area contributed by atoms with Gasteiger partial charge in [-0.3, -0.25) is 9.59 Å². The molecule has 0 aliphatic carbocycles. The zero-order chi connectivity index (χ0) is 25.3. The van der Waals surface area contributed by atoms with E-state index in [0.29, 0.717) is 17.8 Å². The number of thiocarbonyl (C=S) groups is 1. The van der Waals surface area contributed by atoms with Crippen LogP contribution in [0.3, 0.4) is 0 Å². The first-order chi connectivity index (χ1) is 17.5. The van der Waals surface area contributed by atoms with E-state index in [4.69, 9.17) is 12.2 Å². The van der Waals surface area contributed by atoms with Crippen molar-refractivity contribution in [2.24, 2.45) is 0 Å². The van der Waals surface area contributed by atoms with Crippen LogP contribution in [0.5, 0.6) is 0 Å². The molecule has 0 heterocycles. The molecule has 180 valence electrons. The van der Waals surface area contributed by atoms with Crippen molar-refractivity contribution in [1.29, 1.82) is 0 Å². The van der Waals surface area contributed by atoms with Crippen LogP contribution >= 0.6 is 12.2 Å². The number of carbonyl (C=O) groups excluding carboxylic acids is 2. The molecule has 0 atom stereocenters. The third-order valence-electron chi connectivity index (χ3n) is 5.87. The summed E-state index contributed by atoms with van der Waals surface area (Å²) >= 11 is 5.60. The summed E-state index contributed by atoms with van der Waals surface area (Å²) in [5.41, 5.74) is 3.81. The average molecular weight is 494 g/mol. The Morgan fingerprint density at radius 1 is 0.750 bits per heavy atom. The van der Waals surface area contributed by atoms with Gasteiger partial charge in [0.25, 0.3) is 5.91 Å². The molecule has 0 aromatic heterocycles. The molecule has 0 saturated heterocycles. The van der Waals surface area contributed by atoms with Gasteiger partial charge in [0.15, 0.2) is 5.11 Å². The first-order valence-corrected chi connectivity index (χ1v) is 12.0. The summed E-state index contributed by atoms with van der Waals surface area (Å²) in [5, 5.41) is 6.05. The number of hydrogen-bond acceptors (Lipinski definition) is 3. The van der Waals surface area contributed by atoms with E-state index in [-0.39, 0.29) is 16.9 Å². The summed E-state index contributed by atoms with van der Waals surface area (Å²) < 4.78 is 0. The zero-order valence-corrected chi connectivity index (χ0v) is 20.7. The number of para-hydroxylation sites is 1. The molecule has 0 aliphatic heterocycles. The first kappa shape index (κ1) is 24.8. The van der Waals surface area contributed by atoms with E-state index in [2.05, 4.69) is 10.6 Å². The van der Waals surface area contributed by atoms with E-state index < -0.39 is 5.92 Å². The third-order valence-corrected chi connectivity index (χ3v) is 6.24. The fourth-order valence-electron chi connectivity index (χ4n) is 3.99. The second-order valence-electron chi connectivity index (χ2n) is 8.29. The highest BCUT2D eigenvalue weighted by molar-refractivity contribution is 7.80. The van der Waals surface area contributed by atoms with Crippen LogP contribution in [0, 0.1) is 0 Å². The van der Waals surface area contributed by atoms with Crippen molar-refractivity contribution in [1.82, 2.24) is 10.6 Å². The van der Waals surface area contributed by atoms with Crippen LogP contribution in [0.25, 0.3) is 0 Å². The Bertz CT molecular complexity index is 1290. The number of benzene rings is 4. The number of nitrogens with one attached hydrogen (secondary N) is 2.